The number of nitrogens with zero attached hydrogens (tertiary/aromatic N) is 1. The highest BCUT2D eigenvalue weighted by atomic mass is 16.5. The van der Waals surface area contributed by atoms with Gasteiger partial charge in [0.15, 0.2) is 0 Å². The van der Waals surface area contributed by atoms with Crippen LogP contribution in [0.25, 0.3) is 0 Å². The SMILES string of the molecule is c1ccc(OCC2CC[N]C2)cc1. The van der Waals surface area contributed by atoms with E-state index in [0.29, 0.717) is 5.92 Å². The lowest BCUT2D eigenvalue weighted by Crippen LogP contribution is -2.12. The van der Waals surface area contributed by atoms with Crippen molar-refractivity contribution in [3.05, 3.63) is 30.3 Å². The van der Waals surface area contributed by atoms with Crippen LogP contribution in [0.4, 0.5) is 0 Å². The molecule has 2 heteroatoms. The zero-order chi connectivity index (χ0) is 8.93. The van der Waals surface area contributed by atoms with Gasteiger partial charge in [0.2, 0.25) is 0 Å². The van der Waals surface area contributed by atoms with Gasteiger partial charge in [0.05, 0.1) is 6.61 Å². The lowest BCUT2D eigenvalue weighted by molar-refractivity contribution is 0.260. The largest absolute Gasteiger partial charge is 0.493 e. The summed E-state index contributed by atoms with van der Waals surface area (Å²) in [6.07, 6.45) is 1.19. The number of ether oxygens (including phenoxy) is 1. The fourth-order valence-corrected chi connectivity index (χ4v) is 1.51. The van der Waals surface area contributed by atoms with Crippen molar-refractivity contribution in [2.45, 2.75) is 6.42 Å². The molecule has 1 unspecified atom stereocenters. The first-order chi connectivity index (χ1) is 6.45. The van der Waals surface area contributed by atoms with Crippen LogP contribution in [0.2, 0.25) is 0 Å². The minimum Gasteiger partial charge on any atom is -0.493 e. The van der Waals surface area contributed by atoms with Crippen LogP contribution in [0.15, 0.2) is 30.3 Å². The second-order valence-electron chi connectivity index (χ2n) is 3.41. The number of hydrogen-bond donors (Lipinski definition) is 0. The third kappa shape index (κ3) is 2.46. The van der Waals surface area contributed by atoms with Gasteiger partial charge in [0, 0.05) is 19.0 Å². The molecule has 0 aliphatic carbocycles. The van der Waals surface area contributed by atoms with E-state index >= 15 is 0 Å². The van der Waals surface area contributed by atoms with Gasteiger partial charge < -0.3 is 4.74 Å². The average Bonchev–Trinajstić information content (AvgIpc) is 2.69. The average molecular weight is 176 g/mol. The van der Waals surface area contributed by atoms with Crippen LogP contribution in [0.3, 0.4) is 0 Å². The van der Waals surface area contributed by atoms with Crippen LogP contribution in [0.5, 0.6) is 5.75 Å². The number of benzene rings is 1. The van der Waals surface area contributed by atoms with Crippen molar-refractivity contribution in [3.8, 4) is 5.75 Å². The Labute approximate surface area is 78.9 Å². The van der Waals surface area contributed by atoms with Gasteiger partial charge in [-0.2, -0.15) is 0 Å². The molecule has 0 spiro atoms. The lowest BCUT2D eigenvalue weighted by atomic mass is 10.1. The molecule has 2 rings (SSSR count). The summed E-state index contributed by atoms with van der Waals surface area (Å²) in [4.78, 5) is 0. The zero-order valence-corrected chi connectivity index (χ0v) is 7.65. The van der Waals surface area contributed by atoms with Crippen LogP contribution in [-0.4, -0.2) is 19.7 Å². The van der Waals surface area contributed by atoms with Crippen LogP contribution >= 0.6 is 0 Å². The fourth-order valence-electron chi connectivity index (χ4n) is 1.51. The molecule has 1 atom stereocenters. The van der Waals surface area contributed by atoms with E-state index in [1.54, 1.807) is 0 Å². The molecule has 1 heterocycles. The topological polar surface area (TPSA) is 23.3 Å². The smallest absolute Gasteiger partial charge is 0.119 e. The molecule has 1 saturated heterocycles. The Hall–Kier alpha value is -1.02. The maximum atomic E-state index is 5.63. The molecule has 0 amide bonds. The van der Waals surface area contributed by atoms with E-state index in [-0.39, 0.29) is 0 Å². The summed E-state index contributed by atoms with van der Waals surface area (Å²) in [5.41, 5.74) is 0. The van der Waals surface area contributed by atoms with Crippen LogP contribution < -0.4 is 10.1 Å². The molecule has 0 bridgehead atoms. The molecule has 2 nitrogen and oxygen atoms in total. The molecule has 13 heavy (non-hydrogen) atoms. The van der Waals surface area contributed by atoms with E-state index < -0.39 is 0 Å². The minimum absolute atomic E-state index is 0.639. The highest BCUT2D eigenvalue weighted by molar-refractivity contribution is 5.20. The first-order valence-corrected chi connectivity index (χ1v) is 4.76. The highest BCUT2D eigenvalue weighted by Gasteiger charge is 2.15. The standard InChI is InChI=1S/C11H14NO/c1-2-4-11(5-3-1)13-9-10-6-7-12-8-10/h1-5,10H,6-9H2. The summed E-state index contributed by atoms with van der Waals surface area (Å²) in [5.74, 6) is 1.61. The second-order valence-corrected chi connectivity index (χ2v) is 3.41. The maximum absolute atomic E-state index is 5.63. The van der Waals surface area contributed by atoms with E-state index in [2.05, 4.69) is 5.32 Å². The molecule has 1 aliphatic rings. The van der Waals surface area contributed by atoms with Crippen LogP contribution in [0.1, 0.15) is 6.42 Å². The number of hydrogen-bond acceptors (Lipinski definition) is 1. The third-order valence-electron chi connectivity index (χ3n) is 2.31. The van der Waals surface area contributed by atoms with E-state index in [4.69, 9.17) is 4.74 Å². The fraction of sp³-hybridized carbons (Fsp3) is 0.455. The van der Waals surface area contributed by atoms with Crippen molar-refractivity contribution >= 4 is 0 Å². The summed E-state index contributed by atoms with van der Waals surface area (Å²) in [6, 6.07) is 9.97. The summed E-state index contributed by atoms with van der Waals surface area (Å²) in [6.45, 7) is 2.81. The monoisotopic (exact) mass is 176 g/mol. The molecule has 1 aromatic carbocycles. The molecule has 0 saturated carbocycles. The Morgan fingerprint density at radius 2 is 2.15 bits per heavy atom. The van der Waals surface area contributed by atoms with Crippen molar-refractivity contribution < 1.29 is 4.74 Å². The first kappa shape index (κ1) is 8.57. The molecular weight excluding hydrogens is 162 g/mol. The summed E-state index contributed by atoms with van der Waals surface area (Å²) in [5, 5.41) is 4.30. The Bertz CT molecular complexity index is 242. The zero-order valence-electron chi connectivity index (χ0n) is 7.65. The Morgan fingerprint density at radius 1 is 1.31 bits per heavy atom. The van der Waals surface area contributed by atoms with Gasteiger partial charge in [-0.25, -0.2) is 5.32 Å². The van der Waals surface area contributed by atoms with Crippen LogP contribution in [-0.2, 0) is 0 Å². The van der Waals surface area contributed by atoms with Crippen molar-refractivity contribution in [3.63, 3.8) is 0 Å². The molecule has 69 valence electrons. The normalized spacial score (nSPS) is 21.7. The maximum Gasteiger partial charge on any atom is 0.119 e. The Balaban J connectivity index is 1.79. The summed E-state index contributed by atoms with van der Waals surface area (Å²) in [7, 11) is 0. The number of para-hydroxylation sites is 1. The molecule has 1 radical (unpaired) electrons. The predicted octanol–water partition coefficient (Wildman–Crippen LogP) is 1.69. The molecule has 1 fully saturated rings. The molecule has 0 aromatic heterocycles. The van der Waals surface area contributed by atoms with Gasteiger partial charge in [0.25, 0.3) is 0 Å². The van der Waals surface area contributed by atoms with E-state index in [0.717, 1.165) is 25.4 Å². The quantitative estimate of drug-likeness (QED) is 0.687. The van der Waals surface area contributed by atoms with Gasteiger partial charge >= 0.3 is 0 Å². The van der Waals surface area contributed by atoms with Crippen molar-refractivity contribution in [2.75, 3.05) is 19.7 Å². The second kappa shape index (κ2) is 4.28. The van der Waals surface area contributed by atoms with Crippen LogP contribution in [0, 0.1) is 5.92 Å². The van der Waals surface area contributed by atoms with Crippen molar-refractivity contribution in [2.24, 2.45) is 5.92 Å². The van der Waals surface area contributed by atoms with Gasteiger partial charge in [-0.15, -0.1) is 0 Å². The Kier molecular flexibility index (Phi) is 2.82. The molecule has 0 N–H and O–H groups in total. The van der Waals surface area contributed by atoms with Gasteiger partial charge in [-0.05, 0) is 18.6 Å². The summed E-state index contributed by atoms with van der Waals surface area (Å²) < 4.78 is 5.63. The van der Waals surface area contributed by atoms with Gasteiger partial charge in [-0.3, -0.25) is 0 Å². The van der Waals surface area contributed by atoms with Crippen molar-refractivity contribution in [1.29, 1.82) is 0 Å². The van der Waals surface area contributed by atoms with E-state index in [1.165, 1.54) is 6.42 Å². The predicted molar refractivity (Wildman–Crippen MR) is 51.9 cm³/mol. The van der Waals surface area contributed by atoms with E-state index in [9.17, 15) is 0 Å². The lowest BCUT2D eigenvalue weighted by Gasteiger charge is -2.09. The molecule has 1 aliphatic heterocycles. The molecule has 1 aromatic rings. The third-order valence-corrected chi connectivity index (χ3v) is 2.31. The van der Waals surface area contributed by atoms with Crippen molar-refractivity contribution in [1.82, 2.24) is 5.32 Å². The van der Waals surface area contributed by atoms with Gasteiger partial charge in [0.1, 0.15) is 5.75 Å². The van der Waals surface area contributed by atoms with Gasteiger partial charge in [-0.1, -0.05) is 18.2 Å². The minimum atomic E-state index is 0.639. The number of rotatable bonds is 3. The summed E-state index contributed by atoms with van der Waals surface area (Å²) >= 11 is 0. The first-order valence-electron chi connectivity index (χ1n) is 4.76. The highest BCUT2D eigenvalue weighted by Crippen LogP contribution is 2.13. The Morgan fingerprint density at radius 3 is 2.85 bits per heavy atom. The van der Waals surface area contributed by atoms with E-state index in [1.807, 2.05) is 30.3 Å². The molecular formula is C11H14NO.